The average Bonchev–Trinajstić information content (AvgIpc) is 1.88. The molecule has 0 bridgehead atoms. The molecule has 0 aromatic carbocycles. The van der Waals surface area contributed by atoms with Crippen LogP contribution in [-0.4, -0.2) is 15.8 Å². The van der Waals surface area contributed by atoms with Crippen LogP contribution >= 0.6 is 0 Å². The van der Waals surface area contributed by atoms with Gasteiger partial charge in [0.2, 0.25) is 0 Å². The molecule has 0 amide bonds. The molecule has 1 rings (SSSR count). The molecule has 0 atom stereocenters. The Morgan fingerprint density at radius 2 is 2.30 bits per heavy atom. The van der Waals surface area contributed by atoms with Crippen molar-refractivity contribution in [2.75, 3.05) is 0 Å². The average molecular weight is 138 g/mol. The van der Waals surface area contributed by atoms with Crippen molar-refractivity contribution in [1.29, 1.82) is 5.41 Å². The van der Waals surface area contributed by atoms with E-state index in [1.807, 2.05) is 0 Å². The quantitative estimate of drug-likeness (QED) is 0.548. The normalized spacial score (nSPS) is 9.20. The number of aromatic nitrogens is 1. The van der Waals surface area contributed by atoms with Crippen molar-refractivity contribution in [3.63, 3.8) is 0 Å². The third-order valence-electron chi connectivity index (χ3n) is 1.07. The Labute approximate surface area is 56.9 Å². The van der Waals surface area contributed by atoms with Crippen molar-refractivity contribution in [3.8, 4) is 0 Å². The summed E-state index contributed by atoms with van der Waals surface area (Å²) in [5, 5.41) is 15.5. The van der Waals surface area contributed by atoms with Crippen LogP contribution in [-0.2, 0) is 0 Å². The van der Waals surface area contributed by atoms with Crippen LogP contribution in [0.1, 0.15) is 0 Å². The van der Waals surface area contributed by atoms with E-state index < -0.39 is 6.09 Å². The molecule has 4 heteroatoms. The molecule has 0 radical (unpaired) electrons. The van der Waals surface area contributed by atoms with Gasteiger partial charge in [-0.3, -0.25) is 5.41 Å². The molecule has 1 heterocycles. The van der Waals surface area contributed by atoms with Gasteiger partial charge in [0.05, 0.1) is 0 Å². The molecule has 2 N–H and O–H groups in total. The Morgan fingerprint density at radius 3 is 2.70 bits per heavy atom. The van der Waals surface area contributed by atoms with E-state index in [9.17, 15) is 4.79 Å². The second-order valence-electron chi connectivity index (χ2n) is 1.74. The molecule has 52 valence electrons. The van der Waals surface area contributed by atoms with Gasteiger partial charge in [-0.1, -0.05) is 6.07 Å². The van der Waals surface area contributed by atoms with Crippen molar-refractivity contribution in [2.45, 2.75) is 0 Å². The Bertz CT molecular complexity index is 303. The van der Waals surface area contributed by atoms with E-state index in [4.69, 9.17) is 10.5 Å². The van der Waals surface area contributed by atoms with Crippen LogP contribution in [0.25, 0.3) is 0 Å². The summed E-state index contributed by atoms with van der Waals surface area (Å²) in [6, 6.07) is 4.59. The number of carboxylic acid groups (broad SMARTS) is 1. The summed E-state index contributed by atoms with van der Waals surface area (Å²) in [6.07, 6.45) is 0.190. The lowest BCUT2D eigenvalue weighted by atomic mass is 10.5. The smallest absolute Gasteiger partial charge is 0.417 e. The molecule has 0 aliphatic heterocycles. The number of nitrogens with zero attached hydrogens (tertiary/aromatic N) is 1. The molecular formula is C6H6N2O2. The van der Waals surface area contributed by atoms with Crippen LogP contribution in [0.4, 0.5) is 4.79 Å². The summed E-state index contributed by atoms with van der Waals surface area (Å²) in [6.45, 7) is 0. The standard InChI is InChI=1S/C6H6N2O2/c7-5-3-1-2-4-8(5)6(9)10/h1-4,7H,(H,9,10). The van der Waals surface area contributed by atoms with Gasteiger partial charge in [0.1, 0.15) is 5.49 Å². The van der Waals surface area contributed by atoms with Crippen LogP contribution < -0.4 is 5.49 Å². The Morgan fingerprint density at radius 1 is 1.60 bits per heavy atom. The van der Waals surface area contributed by atoms with Gasteiger partial charge in [-0.2, -0.15) is 0 Å². The van der Waals surface area contributed by atoms with Crippen LogP contribution in [0.15, 0.2) is 24.4 Å². The molecule has 0 saturated carbocycles. The zero-order valence-electron chi connectivity index (χ0n) is 5.11. The fraction of sp³-hybridized carbons (Fsp3) is 0. The minimum Gasteiger partial charge on any atom is -0.464 e. The monoisotopic (exact) mass is 138 g/mol. The van der Waals surface area contributed by atoms with Gasteiger partial charge < -0.3 is 5.11 Å². The minimum atomic E-state index is -1.13. The van der Waals surface area contributed by atoms with Crippen LogP contribution in [0.2, 0.25) is 0 Å². The Hall–Kier alpha value is -1.58. The molecule has 0 fully saturated rings. The van der Waals surface area contributed by atoms with E-state index in [2.05, 4.69) is 0 Å². The first-order valence-electron chi connectivity index (χ1n) is 2.67. The summed E-state index contributed by atoms with van der Waals surface area (Å²) in [5.41, 5.74) is -0.0324. The first-order valence-corrected chi connectivity index (χ1v) is 2.67. The molecule has 4 nitrogen and oxygen atoms in total. The first-order chi connectivity index (χ1) is 4.72. The van der Waals surface area contributed by atoms with Crippen LogP contribution in [0, 0.1) is 5.41 Å². The molecule has 0 saturated heterocycles. The predicted molar refractivity (Wildman–Crippen MR) is 33.7 cm³/mol. The second-order valence-corrected chi connectivity index (χ2v) is 1.74. The predicted octanol–water partition coefficient (Wildman–Crippen LogP) is 0.494. The Balaban J connectivity index is 3.29. The summed E-state index contributed by atoms with van der Waals surface area (Å²) >= 11 is 0. The highest BCUT2D eigenvalue weighted by atomic mass is 16.4. The van der Waals surface area contributed by atoms with Gasteiger partial charge in [-0.05, 0) is 12.1 Å². The topological polar surface area (TPSA) is 66.1 Å². The van der Waals surface area contributed by atoms with Crippen molar-refractivity contribution >= 4 is 6.09 Å². The lowest BCUT2D eigenvalue weighted by molar-refractivity contribution is 0.195. The fourth-order valence-corrected chi connectivity index (χ4v) is 0.610. The number of pyridine rings is 1. The molecule has 1 aromatic rings. The number of nitrogens with one attached hydrogen (secondary N) is 1. The van der Waals surface area contributed by atoms with E-state index >= 15 is 0 Å². The first kappa shape index (κ1) is 6.54. The van der Waals surface area contributed by atoms with Gasteiger partial charge in [0.15, 0.2) is 0 Å². The van der Waals surface area contributed by atoms with Gasteiger partial charge in [0, 0.05) is 6.20 Å². The second kappa shape index (κ2) is 2.34. The summed E-state index contributed by atoms with van der Waals surface area (Å²) < 4.78 is 0.833. The van der Waals surface area contributed by atoms with Crippen LogP contribution in [0.5, 0.6) is 0 Å². The number of hydrogen-bond acceptors (Lipinski definition) is 2. The van der Waals surface area contributed by atoms with E-state index in [1.54, 1.807) is 12.1 Å². The largest absolute Gasteiger partial charge is 0.464 e. The molecule has 10 heavy (non-hydrogen) atoms. The summed E-state index contributed by atoms with van der Waals surface area (Å²) in [4.78, 5) is 10.3. The summed E-state index contributed by atoms with van der Waals surface area (Å²) in [5.74, 6) is 0. The molecule has 0 spiro atoms. The third kappa shape index (κ3) is 1.05. The molecule has 1 aromatic heterocycles. The molecular weight excluding hydrogens is 132 g/mol. The molecule has 0 aliphatic carbocycles. The zero-order valence-corrected chi connectivity index (χ0v) is 5.11. The van der Waals surface area contributed by atoms with Gasteiger partial charge in [-0.15, -0.1) is 0 Å². The highest BCUT2D eigenvalue weighted by molar-refractivity contribution is 5.67. The maximum absolute atomic E-state index is 10.3. The van der Waals surface area contributed by atoms with Gasteiger partial charge >= 0.3 is 6.09 Å². The van der Waals surface area contributed by atoms with Crippen LogP contribution in [0.3, 0.4) is 0 Å². The SMILES string of the molecule is N=c1ccccn1C(=O)O. The van der Waals surface area contributed by atoms with E-state index in [0.717, 1.165) is 4.57 Å². The van der Waals surface area contributed by atoms with Gasteiger partial charge in [0.25, 0.3) is 0 Å². The van der Waals surface area contributed by atoms with E-state index in [0.29, 0.717) is 0 Å². The van der Waals surface area contributed by atoms with Gasteiger partial charge in [-0.25, -0.2) is 9.36 Å². The zero-order chi connectivity index (χ0) is 7.56. The minimum absolute atomic E-state index is 0.0324. The van der Waals surface area contributed by atoms with E-state index in [1.165, 1.54) is 12.3 Å². The molecule has 0 aliphatic rings. The van der Waals surface area contributed by atoms with Crippen molar-refractivity contribution in [2.24, 2.45) is 0 Å². The molecule has 0 unspecified atom stereocenters. The fourth-order valence-electron chi connectivity index (χ4n) is 0.610. The third-order valence-corrected chi connectivity index (χ3v) is 1.07. The number of hydrogen-bond donors (Lipinski definition) is 2. The highest BCUT2D eigenvalue weighted by Crippen LogP contribution is 1.79. The number of rotatable bonds is 0. The maximum Gasteiger partial charge on any atom is 0.417 e. The highest BCUT2D eigenvalue weighted by Gasteiger charge is 1.96. The summed E-state index contributed by atoms with van der Waals surface area (Å²) in [7, 11) is 0. The van der Waals surface area contributed by atoms with Crippen molar-refractivity contribution in [3.05, 3.63) is 29.9 Å². The maximum atomic E-state index is 10.3. The van der Waals surface area contributed by atoms with Crippen molar-refractivity contribution in [1.82, 2.24) is 4.57 Å². The lowest BCUT2D eigenvalue weighted by Crippen LogP contribution is -2.23. The Kier molecular flexibility index (Phi) is 1.53. The van der Waals surface area contributed by atoms with Crippen molar-refractivity contribution < 1.29 is 9.90 Å². The lowest BCUT2D eigenvalue weighted by Gasteiger charge is -1.95. The number of carbonyl (C=O) groups is 1. The van der Waals surface area contributed by atoms with E-state index in [-0.39, 0.29) is 5.49 Å².